The van der Waals surface area contributed by atoms with Crippen molar-refractivity contribution in [3.63, 3.8) is 0 Å². The Balaban J connectivity index is 1.46. The summed E-state index contributed by atoms with van der Waals surface area (Å²) >= 11 is 0. The molecule has 8 aromatic rings. The number of fused-ring (bicyclic) bond motifs is 4. The number of nitrogens with zero attached hydrogens (tertiary/aromatic N) is 5. The van der Waals surface area contributed by atoms with Crippen molar-refractivity contribution in [3.8, 4) is 39.5 Å². The van der Waals surface area contributed by atoms with Gasteiger partial charge >= 0.3 is 0 Å². The van der Waals surface area contributed by atoms with Crippen LogP contribution in [0.2, 0.25) is 0 Å². The molecular formula is C34H23N5O2. The number of aromatic hydroxyl groups is 1. The highest BCUT2D eigenvalue weighted by atomic mass is 16.3. The quantitative estimate of drug-likeness (QED) is 0.247. The fourth-order valence-electron chi connectivity index (χ4n) is 5.65. The van der Waals surface area contributed by atoms with Gasteiger partial charge < -0.3 is 14.1 Å². The van der Waals surface area contributed by atoms with Gasteiger partial charge in [-0.2, -0.15) is 0 Å². The summed E-state index contributed by atoms with van der Waals surface area (Å²) in [6, 6.07) is 36.1. The number of hydrogen-bond donors (Lipinski definition) is 1. The van der Waals surface area contributed by atoms with Gasteiger partial charge in [0.2, 0.25) is 0 Å². The Hall–Kier alpha value is -5.69. The van der Waals surface area contributed by atoms with E-state index < -0.39 is 0 Å². The Labute approximate surface area is 234 Å². The van der Waals surface area contributed by atoms with Crippen LogP contribution >= 0.6 is 0 Å². The summed E-state index contributed by atoms with van der Waals surface area (Å²) in [5.41, 5.74) is 6.13. The Morgan fingerprint density at radius 3 is 2.17 bits per heavy atom. The zero-order valence-corrected chi connectivity index (χ0v) is 21.8. The third-order valence-electron chi connectivity index (χ3n) is 7.49. The Morgan fingerprint density at radius 2 is 1.44 bits per heavy atom. The fraction of sp³-hybridized carbons (Fsp3) is 0.0294. The SMILES string of the molecule is Oc1cc2ccccc2cc1-c1nc2c3c(-c4ccccc4)c(-c4ccccc4)n(Cc4ccco4)c3ncn2n1. The van der Waals surface area contributed by atoms with Crippen LogP contribution in [0.4, 0.5) is 0 Å². The smallest absolute Gasteiger partial charge is 0.185 e. The van der Waals surface area contributed by atoms with Crippen LogP contribution < -0.4 is 0 Å². The monoisotopic (exact) mass is 533 g/mol. The fourth-order valence-corrected chi connectivity index (χ4v) is 5.65. The molecule has 0 saturated heterocycles. The minimum atomic E-state index is 0.132. The maximum Gasteiger partial charge on any atom is 0.185 e. The van der Waals surface area contributed by atoms with E-state index in [0.717, 1.165) is 50.0 Å². The highest BCUT2D eigenvalue weighted by Crippen LogP contribution is 2.42. The van der Waals surface area contributed by atoms with Crippen molar-refractivity contribution in [1.29, 1.82) is 0 Å². The second-order valence-corrected chi connectivity index (χ2v) is 9.98. The van der Waals surface area contributed by atoms with Gasteiger partial charge in [0.25, 0.3) is 0 Å². The molecule has 0 unspecified atom stereocenters. The standard InChI is InChI=1S/C34H23N5O2/c40-28-19-25-15-8-7-14-24(25)18-27(28)32-36-34-30-29(22-10-3-1-4-11-22)31(23-12-5-2-6-13-23)38(20-26-16-9-17-41-26)33(30)35-21-39(34)37-32/h1-19,21,40H,20H2. The lowest BCUT2D eigenvalue weighted by atomic mass is 9.99. The van der Waals surface area contributed by atoms with Gasteiger partial charge in [0.15, 0.2) is 11.5 Å². The molecule has 7 nitrogen and oxygen atoms in total. The highest BCUT2D eigenvalue weighted by Gasteiger charge is 2.26. The van der Waals surface area contributed by atoms with E-state index in [-0.39, 0.29) is 5.75 Å². The zero-order chi connectivity index (χ0) is 27.3. The molecule has 1 N–H and O–H groups in total. The zero-order valence-electron chi connectivity index (χ0n) is 21.8. The first-order valence-corrected chi connectivity index (χ1v) is 13.4. The van der Waals surface area contributed by atoms with Gasteiger partial charge in [-0.25, -0.2) is 14.5 Å². The van der Waals surface area contributed by atoms with Gasteiger partial charge in [0, 0.05) is 5.56 Å². The van der Waals surface area contributed by atoms with Gasteiger partial charge in [-0.1, -0.05) is 84.9 Å². The molecule has 0 spiro atoms. The molecule has 0 fully saturated rings. The van der Waals surface area contributed by atoms with E-state index in [9.17, 15) is 5.11 Å². The number of aromatic nitrogens is 5. The number of furan rings is 1. The topological polar surface area (TPSA) is 81.4 Å². The Morgan fingerprint density at radius 1 is 0.732 bits per heavy atom. The van der Waals surface area contributed by atoms with Crippen LogP contribution in [0.1, 0.15) is 5.76 Å². The molecule has 0 atom stereocenters. The van der Waals surface area contributed by atoms with Gasteiger partial charge in [0.1, 0.15) is 23.5 Å². The van der Waals surface area contributed by atoms with Gasteiger partial charge in [0.05, 0.1) is 29.5 Å². The summed E-state index contributed by atoms with van der Waals surface area (Å²) in [5.74, 6) is 1.39. The lowest BCUT2D eigenvalue weighted by Gasteiger charge is -2.11. The molecule has 0 aliphatic carbocycles. The number of phenols is 1. The van der Waals surface area contributed by atoms with Crippen LogP contribution in [0, 0.1) is 0 Å². The molecule has 4 heterocycles. The van der Waals surface area contributed by atoms with Crippen LogP contribution in [-0.4, -0.2) is 29.3 Å². The van der Waals surface area contributed by atoms with E-state index >= 15 is 0 Å². The second kappa shape index (κ2) is 9.20. The summed E-state index contributed by atoms with van der Waals surface area (Å²) in [5, 5.41) is 18.6. The predicted octanol–water partition coefficient (Wildman–Crippen LogP) is 7.58. The van der Waals surface area contributed by atoms with Crippen molar-refractivity contribution in [2.45, 2.75) is 6.54 Å². The molecule has 0 aliphatic heterocycles. The van der Waals surface area contributed by atoms with Crippen molar-refractivity contribution >= 4 is 27.5 Å². The molecule has 0 saturated carbocycles. The van der Waals surface area contributed by atoms with Gasteiger partial charge in [-0.15, -0.1) is 5.10 Å². The van der Waals surface area contributed by atoms with Crippen molar-refractivity contribution < 1.29 is 9.52 Å². The van der Waals surface area contributed by atoms with E-state index in [1.165, 1.54) is 0 Å². The predicted molar refractivity (Wildman–Crippen MR) is 160 cm³/mol. The highest BCUT2D eigenvalue weighted by molar-refractivity contribution is 6.09. The van der Waals surface area contributed by atoms with Crippen LogP contribution in [-0.2, 0) is 6.54 Å². The van der Waals surface area contributed by atoms with Crippen molar-refractivity contribution in [3.05, 3.63) is 128 Å². The molecule has 8 rings (SSSR count). The van der Waals surface area contributed by atoms with Gasteiger partial charge in [-0.3, -0.25) is 0 Å². The maximum absolute atomic E-state index is 11.0. The van der Waals surface area contributed by atoms with Crippen molar-refractivity contribution in [1.82, 2.24) is 24.1 Å². The molecule has 196 valence electrons. The first-order valence-electron chi connectivity index (χ1n) is 13.4. The van der Waals surface area contributed by atoms with Crippen LogP contribution in [0.5, 0.6) is 5.75 Å². The van der Waals surface area contributed by atoms with E-state index in [1.54, 1.807) is 23.2 Å². The Bertz CT molecular complexity index is 2180. The number of benzene rings is 4. The third-order valence-corrected chi connectivity index (χ3v) is 7.49. The molecule has 0 aliphatic rings. The summed E-state index contributed by atoms with van der Waals surface area (Å²) in [6.07, 6.45) is 3.38. The molecule has 0 bridgehead atoms. The Kier molecular flexibility index (Phi) is 5.21. The average Bonchev–Trinajstić information content (AvgIpc) is 3.76. The molecule has 0 radical (unpaired) electrons. The lowest BCUT2D eigenvalue weighted by Crippen LogP contribution is -2.03. The van der Waals surface area contributed by atoms with Crippen molar-refractivity contribution in [2.24, 2.45) is 0 Å². The lowest BCUT2D eigenvalue weighted by molar-refractivity contribution is 0.477. The second-order valence-electron chi connectivity index (χ2n) is 9.98. The van der Waals surface area contributed by atoms with Crippen LogP contribution in [0.3, 0.4) is 0 Å². The number of rotatable bonds is 5. The minimum Gasteiger partial charge on any atom is -0.507 e. The third kappa shape index (κ3) is 3.78. The van der Waals surface area contributed by atoms with Gasteiger partial charge in [-0.05, 0) is 46.2 Å². The molecular weight excluding hydrogens is 510 g/mol. The van der Waals surface area contributed by atoms with E-state index in [0.29, 0.717) is 23.6 Å². The largest absolute Gasteiger partial charge is 0.507 e. The summed E-state index contributed by atoms with van der Waals surface area (Å²) in [7, 11) is 0. The first kappa shape index (κ1) is 23.2. The molecule has 7 heteroatoms. The summed E-state index contributed by atoms with van der Waals surface area (Å²) < 4.78 is 9.67. The molecule has 4 aromatic carbocycles. The van der Waals surface area contributed by atoms with E-state index in [2.05, 4.69) is 28.8 Å². The van der Waals surface area contributed by atoms with E-state index in [1.807, 2.05) is 78.9 Å². The molecule has 4 aromatic heterocycles. The van der Waals surface area contributed by atoms with Crippen LogP contribution in [0.25, 0.3) is 61.2 Å². The molecule has 41 heavy (non-hydrogen) atoms. The maximum atomic E-state index is 11.0. The normalized spacial score (nSPS) is 11.6. The summed E-state index contributed by atoms with van der Waals surface area (Å²) in [4.78, 5) is 9.95. The van der Waals surface area contributed by atoms with Crippen LogP contribution in [0.15, 0.2) is 126 Å². The summed E-state index contributed by atoms with van der Waals surface area (Å²) in [6.45, 7) is 0.496. The molecule has 0 amide bonds. The average molecular weight is 534 g/mol. The number of hydrogen-bond acceptors (Lipinski definition) is 5. The minimum absolute atomic E-state index is 0.132. The number of phenolic OH excluding ortho intramolecular Hbond substituents is 1. The van der Waals surface area contributed by atoms with Crippen molar-refractivity contribution in [2.75, 3.05) is 0 Å². The first-order chi connectivity index (χ1) is 20.2. The van der Waals surface area contributed by atoms with E-state index in [4.69, 9.17) is 19.5 Å².